The number of nitriles is 1. The van der Waals surface area contributed by atoms with Crippen molar-refractivity contribution in [2.24, 2.45) is 0 Å². The fourth-order valence-corrected chi connectivity index (χ4v) is 1.70. The lowest BCUT2D eigenvalue weighted by atomic mass is 10.2. The predicted octanol–water partition coefficient (Wildman–Crippen LogP) is 3.09. The highest BCUT2D eigenvalue weighted by Gasteiger charge is 2.00. The maximum absolute atomic E-state index is 8.78. The molecule has 1 aromatic heterocycles. The Kier molecular flexibility index (Phi) is 2.55. The molecule has 1 aromatic carbocycles. The zero-order valence-electron chi connectivity index (χ0n) is 8.48. The Morgan fingerprint density at radius 1 is 1.40 bits per heavy atom. The van der Waals surface area contributed by atoms with E-state index in [2.05, 4.69) is 23.4 Å². The Bertz CT molecular complexity index is 529. The third kappa shape index (κ3) is 1.77. The van der Waals surface area contributed by atoms with Gasteiger partial charge in [-0.05, 0) is 30.7 Å². The second kappa shape index (κ2) is 4.02. The number of allylic oxidation sites excluding steroid dienone is 1. The van der Waals surface area contributed by atoms with Gasteiger partial charge in [-0.25, -0.2) is 0 Å². The van der Waals surface area contributed by atoms with E-state index in [0.717, 1.165) is 18.4 Å². The molecule has 0 amide bonds. The molecule has 2 heteroatoms. The van der Waals surface area contributed by atoms with Gasteiger partial charge in [-0.2, -0.15) is 5.26 Å². The molecule has 0 spiro atoms. The van der Waals surface area contributed by atoms with Crippen LogP contribution >= 0.6 is 0 Å². The van der Waals surface area contributed by atoms with Crippen molar-refractivity contribution in [1.82, 2.24) is 4.57 Å². The highest BCUT2D eigenvalue weighted by Crippen LogP contribution is 2.17. The van der Waals surface area contributed by atoms with E-state index in [1.807, 2.05) is 30.3 Å². The summed E-state index contributed by atoms with van der Waals surface area (Å²) >= 11 is 0. The van der Waals surface area contributed by atoms with Crippen molar-refractivity contribution >= 4 is 10.9 Å². The topological polar surface area (TPSA) is 28.7 Å². The smallest absolute Gasteiger partial charge is 0.0991 e. The van der Waals surface area contributed by atoms with E-state index >= 15 is 0 Å². The second-order valence-corrected chi connectivity index (χ2v) is 3.47. The van der Waals surface area contributed by atoms with Gasteiger partial charge >= 0.3 is 0 Å². The van der Waals surface area contributed by atoms with Gasteiger partial charge in [0.25, 0.3) is 0 Å². The fourth-order valence-electron chi connectivity index (χ4n) is 1.70. The largest absolute Gasteiger partial charge is 0.347 e. The molecular weight excluding hydrogens is 184 g/mol. The number of aromatic nitrogens is 1. The third-order valence-electron chi connectivity index (χ3n) is 2.47. The van der Waals surface area contributed by atoms with E-state index in [0.29, 0.717) is 5.56 Å². The van der Waals surface area contributed by atoms with Crippen molar-refractivity contribution in [3.05, 3.63) is 48.7 Å². The molecule has 74 valence electrons. The summed E-state index contributed by atoms with van der Waals surface area (Å²) in [6, 6.07) is 9.95. The molecule has 0 aliphatic carbocycles. The van der Waals surface area contributed by atoms with Gasteiger partial charge in [0, 0.05) is 23.6 Å². The fraction of sp³-hybridized carbons (Fsp3) is 0.154. The lowest BCUT2D eigenvalue weighted by Crippen LogP contribution is -1.93. The van der Waals surface area contributed by atoms with Crippen LogP contribution in [0.3, 0.4) is 0 Å². The number of hydrogen-bond acceptors (Lipinski definition) is 1. The quantitative estimate of drug-likeness (QED) is 0.693. The summed E-state index contributed by atoms with van der Waals surface area (Å²) in [5.74, 6) is 0. The number of nitrogens with zero attached hydrogens (tertiary/aromatic N) is 2. The van der Waals surface area contributed by atoms with Crippen molar-refractivity contribution in [2.45, 2.75) is 13.0 Å². The van der Waals surface area contributed by atoms with E-state index < -0.39 is 0 Å². The van der Waals surface area contributed by atoms with Crippen LogP contribution in [0.5, 0.6) is 0 Å². The molecule has 1 heterocycles. The predicted molar refractivity (Wildman–Crippen MR) is 61.5 cm³/mol. The van der Waals surface area contributed by atoms with Crippen molar-refractivity contribution in [1.29, 1.82) is 5.26 Å². The molecular formula is C13H12N2. The first-order valence-electron chi connectivity index (χ1n) is 4.95. The first-order chi connectivity index (χ1) is 7.35. The van der Waals surface area contributed by atoms with Crippen LogP contribution in [-0.2, 0) is 6.54 Å². The molecule has 2 rings (SSSR count). The molecule has 2 nitrogen and oxygen atoms in total. The Morgan fingerprint density at radius 2 is 2.27 bits per heavy atom. The van der Waals surface area contributed by atoms with E-state index in [-0.39, 0.29) is 0 Å². The monoisotopic (exact) mass is 196 g/mol. The van der Waals surface area contributed by atoms with Gasteiger partial charge < -0.3 is 4.57 Å². The maximum Gasteiger partial charge on any atom is 0.0991 e. The Morgan fingerprint density at radius 3 is 3.00 bits per heavy atom. The average molecular weight is 196 g/mol. The zero-order chi connectivity index (χ0) is 10.7. The maximum atomic E-state index is 8.78. The van der Waals surface area contributed by atoms with Crippen molar-refractivity contribution in [3.8, 4) is 6.07 Å². The highest BCUT2D eigenvalue weighted by molar-refractivity contribution is 5.81. The minimum Gasteiger partial charge on any atom is -0.347 e. The minimum absolute atomic E-state index is 0.712. The van der Waals surface area contributed by atoms with Gasteiger partial charge in [-0.3, -0.25) is 0 Å². The van der Waals surface area contributed by atoms with E-state index in [9.17, 15) is 0 Å². The first-order valence-corrected chi connectivity index (χ1v) is 4.95. The molecule has 0 bridgehead atoms. The second-order valence-electron chi connectivity index (χ2n) is 3.47. The van der Waals surface area contributed by atoms with Gasteiger partial charge in [0.1, 0.15) is 0 Å². The summed E-state index contributed by atoms with van der Waals surface area (Å²) in [6.07, 6.45) is 4.93. The van der Waals surface area contributed by atoms with Crippen LogP contribution in [0.2, 0.25) is 0 Å². The summed E-state index contributed by atoms with van der Waals surface area (Å²) in [4.78, 5) is 0. The summed E-state index contributed by atoms with van der Waals surface area (Å²) < 4.78 is 2.18. The first kappa shape index (κ1) is 9.54. The van der Waals surface area contributed by atoms with Crippen LogP contribution in [0, 0.1) is 11.3 Å². The van der Waals surface area contributed by atoms with Gasteiger partial charge in [0.15, 0.2) is 0 Å². The Labute approximate surface area is 89.1 Å². The Balaban J connectivity index is 2.43. The highest BCUT2D eigenvalue weighted by atomic mass is 14.9. The average Bonchev–Trinajstić information content (AvgIpc) is 2.68. The molecule has 0 radical (unpaired) electrons. The molecule has 0 fully saturated rings. The molecule has 0 atom stereocenters. The standard InChI is InChI=1S/C13H12N2/c1-2-3-7-15-8-6-12-9-11(10-14)4-5-13(12)15/h2,4-6,8-9H,1,3,7H2. The molecule has 0 aliphatic rings. The zero-order valence-corrected chi connectivity index (χ0v) is 8.48. The number of hydrogen-bond donors (Lipinski definition) is 0. The lowest BCUT2D eigenvalue weighted by molar-refractivity contribution is 0.739. The van der Waals surface area contributed by atoms with E-state index in [1.54, 1.807) is 0 Å². The lowest BCUT2D eigenvalue weighted by Gasteiger charge is -2.02. The molecule has 0 saturated heterocycles. The molecule has 0 N–H and O–H groups in total. The van der Waals surface area contributed by atoms with Crippen molar-refractivity contribution < 1.29 is 0 Å². The van der Waals surface area contributed by atoms with Gasteiger partial charge in [0.05, 0.1) is 11.6 Å². The van der Waals surface area contributed by atoms with Crippen LogP contribution in [-0.4, -0.2) is 4.57 Å². The van der Waals surface area contributed by atoms with Crippen LogP contribution in [0.4, 0.5) is 0 Å². The van der Waals surface area contributed by atoms with E-state index in [4.69, 9.17) is 5.26 Å². The van der Waals surface area contributed by atoms with Gasteiger partial charge in [-0.1, -0.05) is 6.08 Å². The Hall–Kier alpha value is -2.01. The summed E-state index contributed by atoms with van der Waals surface area (Å²) in [6.45, 7) is 4.65. The van der Waals surface area contributed by atoms with Crippen LogP contribution in [0.1, 0.15) is 12.0 Å². The van der Waals surface area contributed by atoms with Crippen molar-refractivity contribution in [2.75, 3.05) is 0 Å². The molecule has 0 aliphatic heterocycles. The van der Waals surface area contributed by atoms with Gasteiger partial charge in [-0.15, -0.1) is 6.58 Å². The van der Waals surface area contributed by atoms with Crippen LogP contribution < -0.4 is 0 Å². The SMILES string of the molecule is C=CCCn1ccc2cc(C#N)ccc21. The van der Waals surface area contributed by atoms with Crippen molar-refractivity contribution in [3.63, 3.8) is 0 Å². The number of benzene rings is 1. The minimum atomic E-state index is 0.712. The summed E-state index contributed by atoms with van der Waals surface area (Å²) in [7, 11) is 0. The van der Waals surface area contributed by atoms with E-state index in [1.165, 1.54) is 5.52 Å². The molecule has 2 aromatic rings. The number of aryl methyl sites for hydroxylation is 1. The van der Waals surface area contributed by atoms with Crippen LogP contribution in [0.15, 0.2) is 43.1 Å². The van der Waals surface area contributed by atoms with Gasteiger partial charge in [0.2, 0.25) is 0 Å². The third-order valence-corrected chi connectivity index (χ3v) is 2.47. The molecule has 15 heavy (non-hydrogen) atoms. The normalized spacial score (nSPS) is 10.1. The summed E-state index contributed by atoms with van der Waals surface area (Å²) in [5, 5.41) is 9.90. The van der Waals surface area contributed by atoms with Crippen LogP contribution in [0.25, 0.3) is 10.9 Å². The summed E-state index contributed by atoms with van der Waals surface area (Å²) in [5.41, 5.74) is 1.89. The number of fused-ring (bicyclic) bond motifs is 1. The molecule has 0 unspecified atom stereocenters. The molecule has 0 saturated carbocycles. The number of rotatable bonds is 3.